The molecule has 2 aliphatic carbocycles. The highest BCUT2D eigenvalue weighted by Gasteiger charge is 2.26. The largest absolute Gasteiger partial charge is 0.313 e. The summed E-state index contributed by atoms with van der Waals surface area (Å²) >= 11 is 1.88. The molecule has 51 heavy (non-hydrogen) atoms. The first kappa shape index (κ1) is 28.8. The Morgan fingerprint density at radius 2 is 1.31 bits per heavy atom. The number of pyridine rings is 2. The molecule has 9 aromatic rings. The van der Waals surface area contributed by atoms with Crippen LogP contribution in [0.4, 0.5) is 0 Å². The van der Waals surface area contributed by atoms with E-state index in [1.165, 1.54) is 92.6 Å². The van der Waals surface area contributed by atoms with Gasteiger partial charge in [-0.1, -0.05) is 42.5 Å². The molecule has 0 aliphatic heterocycles. The Balaban J connectivity index is 1.08. The fourth-order valence-corrected chi connectivity index (χ4v) is 9.63. The van der Waals surface area contributed by atoms with Crippen molar-refractivity contribution in [3.05, 3.63) is 162 Å². The monoisotopic (exact) mass is 672 g/mol. The summed E-state index contributed by atoms with van der Waals surface area (Å²) in [6, 6.07) is 38.1. The van der Waals surface area contributed by atoms with Gasteiger partial charge in [0.05, 0.1) is 11.0 Å². The summed E-state index contributed by atoms with van der Waals surface area (Å²) in [5.74, 6) is 0. The third kappa shape index (κ3) is 4.44. The van der Waals surface area contributed by atoms with Crippen LogP contribution in [-0.2, 0) is 12.8 Å². The smallest absolute Gasteiger partial charge is 0.0541 e. The number of rotatable bonds is 4. The molecule has 5 aromatic heterocycles. The Morgan fingerprint density at radius 3 is 2.10 bits per heavy atom. The van der Waals surface area contributed by atoms with Gasteiger partial charge in [-0.3, -0.25) is 9.97 Å². The van der Waals surface area contributed by atoms with Crippen LogP contribution < -0.4 is 0 Å². The minimum Gasteiger partial charge on any atom is -0.313 e. The minimum atomic E-state index is 1.01. The zero-order valence-corrected chi connectivity index (χ0v) is 28.7. The molecule has 0 bridgehead atoms. The molecule has 5 heteroatoms. The predicted octanol–water partition coefficient (Wildman–Crippen LogP) is 11.8. The van der Waals surface area contributed by atoms with Crippen LogP contribution in [-0.4, -0.2) is 19.1 Å². The van der Waals surface area contributed by atoms with Crippen molar-refractivity contribution in [2.24, 2.45) is 0 Å². The van der Waals surface area contributed by atoms with Gasteiger partial charge in [0.25, 0.3) is 0 Å². The van der Waals surface area contributed by atoms with Gasteiger partial charge in [-0.25, -0.2) is 0 Å². The maximum atomic E-state index is 4.41. The van der Waals surface area contributed by atoms with E-state index in [-0.39, 0.29) is 0 Å². The first-order chi connectivity index (χ1) is 25.3. The minimum absolute atomic E-state index is 1.01. The molecule has 0 saturated heterocycles. The second-order valence-electron chi connectivity index (χ2n) is 13.7. The molecule has 0 atom stereocenters. The summed E-state index contributed by atoms with van der Waals surface area (Å²) < 4.78 is 7.61. The number of aromatic nitrogens is 4. The second-order valence-corrected chi connectivity index (χ2v) is 14.8. The molecule has 0 spiro atoms. The lowest BCUT2D eigenvalue weighted by molar-refractivity contribution is 0.876. The average molecular weight is 673 g/mol. The first-order valence-electron chi connectivity index (χ1n) is 17.7. The molecule has 242 valence electrons. The topological polar surface area (TPSA) is 35.6 Å². The van der Waals surface area contributed by atoms with Crippen molar-refractivity contribution in [2.75, 3.05) is 0 Å². The van der Waals surface area contributed by atoms with Crippen molar-refractivity contribution < 1.29 is 0 Å². The SMILES string of the molecule is C1=Cc2c(c3c(n2-c2ccc4sc5ccc(-n6c7ccccc7c7cc(-c8cccnc8)ccc76)cc5c4c2)CCC(c2cccnc2)=C3)CC1. The number of hydrogen-bond donors (Lipinski definition) is 0. The molecular weight excluding hydrogens is 641 g/mol. The number of fused-ring (bicyclic) bond motifs is 9. The van der Waals surface area contributed by atoms with Gasteiger partial charge < -0.3 is 9.13 Å². The van der Waals surface area contributed by atoms with Crippen LogP contribution in [0, 0.1) is 0 Å². The normalized spacial score (nSPS) is 14.0. The fourth-order valence-electron chi connectivity index (χ4n) is 8.56. The molecular formula is C46H32N4S. The van der Waals surface area contributed by atoms with Crippen LogP contribution in [0.15, 0.2) is 134 Å². The Morgan fingerprint density at radius 1 is 0.569 bits per heavy atom. The average Bonchev–Trinajstić information content (AvgIpc) is 3.85. The molecule has 0 unspecified atom stereocenters. The molecule has 4 nitrogen and oxygen atoms in total. The van der Waals surface area contributed by atoms with E-state index < -0.39 is 0 Å². The van der Waals surface area contributed by atoms with Crippen molar-refractivity contribution in [3.8, 4) is 22.5 Å². The van der Waals surface area contributed by atoms with Crippen LogP contribution in [0.25, 0.3) is 82.2 Å². The summed E-state index contributed by atoms with van der Waals surface area (Å²) in [5, 5.41) is 5.12. The van der Waals surface area contributed by atoms with Crippen molar-refractivity contribution in [1.82, 2.24) is 19.1 Å². The standard InChI is InChI=1S/C46H32N4S/c1-3-11-41-35(9-1)37-23-29(31-7-5-21-47-27-31)13-17-43(37)49(41)33-15-19-45-39(25-33)40-26-34(16-20-46(40)51-45)50-42-12-4-2-10-36(42)38-24-30(14-18-44(38)50)32-8-6-22-48-28-32/h1,3-9,11-13,15-17,19-28H,2,10,14,18H2. The van der Waals surface area contributed by atoms with Crippen molar-refractivity contribution in [2.45, 2.75) is 25.7 Å². The van der Waals surface area contributed by atoms with Crippen molar-refractivity contribution in [3.63, 3.8) is 0 Å². The molecule has 0 amide bonds. The highest BCUT2D eigenvalue weighted by atomic mass is 32.1. The van der Waals surface area contributed by atoms with E-state index in [0.717, 1.165) is 31.2 Å². The van der Waals surface area contributed by atoms with Crippen molar-refractivity contribution >= 4 is 71.0 Å². The highest BCUT2D eigenvalue weighted by Crippen LogP contribution is 2.43. The lowest BCUT2D eigenvalue weighted by Gasteiger charge is -2.18. The molecule has 5 heterocycles. The van der Waals surface area contributed by atoms with Gasteiger partial charge in [-0.05, 0) is 132 Å². The van der Waals surface area contributed by atoms with E-state index in [1.807, 2.05) is 48.3 Å². The van der Waals surface area contributed by atoms with Crippen molar-refractivity contribution in [1.29, 1.82) is 0 Å². The van der Waals surface area contributed by atoms with Crippen LogP contribution >= 0.6 is 11.3 Å². The van der Waals surface area contributed by atoms with Crippen LogP contribution in [0.5, 0.6) is 0 Å². The van der Waals surface area contributed by atoms with Gasteiger partial charge in [0.15, 0.2) is 0 Å². The number of thiophene rings is 1. The molecule has 0 N–H and O–H groups in total. The molecule has 4 aromatic carbocycles. The van der Waals surface area contributed by atoms with Gasteiger partial charge in [-0.15, -0.1) is 11.3 Å². The molecule has 0 fully saturated rings. The number of allylic oxidation sites excluding steroid dienone is 2. The van der Waals surface area contributed by atoms with E-state index in [9.17, 15) is 0 Å². The van der Waals surface area contributed by atoms with Gasteiger partial charge in [0.1, 0.15) is 0 Å². The van der Waals surface area contributed by atoms with E-state index >= 15 is 0 Å². The Kier molecular flexibility index (Phi) is 6.34. The zero-order valence-electron chi connectivity index (χ0n) is 27.9. The fraction of sp³-hybridized carbons (Fsp3) is 0.0870. The molecule has 0 radical (unpaired) electrons. The lowest BCUT2D eigenvalue weighted by Crippen LogP contribution is -2.06. The number of para-hydroxylation sites is 1. The summed E-state index contributed by atoms with van der Waals surface area (Å²) in [6.07, 6.45) is 19.0. The second kappa shape index (κ2) is 11.2. The molecule has 0 saturated carbocycles. The first-order valence-corrected chi connectivity index (χ1v) is 18.5. The summed E-state index contributed by atoms with van der Waals surface area (Å²) in [4.78, 5) is 8.78. The summed E-state index contributed by atoms with van der Waals surface area (Å²) in [7, 11) is 0. The zero-order chi connectivity index (χ0) is 33.5. The summed E-state index contributed by atoms with van der Waals surface area (Å²) in [5.41, 5.74) is 15.4. The number of benzene rings is 4. The Labute approximate surface area is 299 Å². The predicted molar refractivity (Wildman–Crippen MR) is 214 cm³/mol. The van der Waals surface area contributed by atoms with E-state index in [2.05, 4.69) is 128 Å². The maximum Gasteiger partial charge on any atom is 0.0541 e. The van der Waals surface area contributed by atoms with Crippen LogP contribution in [0.2, 0.25) is 0 Å². The number of nitrogens with zero attached hydrogens (tertiary/aromatic N) is 4. The van der Waals surface area contributed by atoms with Crippen LogP contribution in [0.1, 0.15) is 40.9 Å². The maximum absolute atomic E-state index is 4.41. The Hall–Kier alpha value is -6.04. The molecule has 2 aliphatic rings. The molecule has 11 rings (SSSR count). The van der Waals surface area contributed by atoms with Crippen LogP contribution in [0.3, 0.4) is 0 Å². The van der Waals surface area contributed by atoms with E-state index in [1.54, 1.807) is 0 Å². The highest BCUT2D eigenvalue weighted by molar-refractivity contribution is 7.25. The number of hydrogen-bond acceptors (Lipinski definition) is 3. The van der Waals surface area contributed by atoms with Gasteiger partial charge in [-0.2, -0.15) is 0 Å². The third-order valence-electron chi connectivity index (χ3n) is 10.9. The van der Waals surface area contributed by atoms with E-state index in [0.29, 0.717) is 0 Å². The van der Waals surface area contributed by atoms with Gasteiger partial charge >= 0.3 is 0 Å². The van der Waals surface area contributed by atoms with Gasteiger partial charge in [0.2, 0.25) is 0 Å². The quantitative estimate of drug-likeness (QED) is 0.187. The third-order valence-corrected chi connectivity index (χ3v) is 12.0. The summed E-state index contributed by atoms with van der Waals surface area (Å²) in [6.45, 7) is 0. The Bertz CT molecular complexity index is 2900. The van der Waals surface area contributed by atoms with Gasteiger partial charge in [0, 0.05) is 84.1 Å². The lowest BCUT2D eigenvalue weighted by atomic mass is 9.89. The van der Waals surface area contributed by atoms with E-state index in [4.69, 9.17) is 0 Å².